The quantitative estimate of drug-likeness (QED) is 0.330. The Labute approximate surface area is 232 Å². The van der Waals surface area contributed by atoms with Gasteiger partial charge in [0.1, 0.15) is 11.7 Å². The largest absolute Gasteiger partial charge is 0.464 e. The zero-order valence-corrected chi connectivity index (χ0v) is 25.2. The zero-order chi connectivity index (χ0) is 29.3. The van der Waals surface area contributed by atoms with Crippen LogP contribution in [0.3, 0.4) is 0 Å². The smallest absolute Gasteiger partial charge is 0.329 e. The van der Waals surface area contributed by atoms with E-state index in [0.29, 0.717) is 28.8 Å². The van der Waals surface area contributed by atoms with Gasteiger partial charge in [-0.3, -0.25) is 14.1 Å². The topological polar surface area (TPSA) is 94.5 Å². The van der Waals surface area contributed by atoms with Crippen LogP contribution in [0.1, 0.15) is 62.4 Å². The van der Waals surface area contributed by atoms with Crippen molar-refractivity contribution in [3.05, 3.63) is 75.1 Å². The number of benzene rings is 2. The fourth-order valence-electron chi connectivity index (χ4n) is 4.82. The van der Waals surface area contributed by atoms with Crippen molar-refractivity contribution < 1.29 is 17.9 Å². The van der Waals surface area contributed by atoms with E-state index in [2.05, 4.69) is 4.72 Å². The molecule has 0 aliphatic heterocycles. The minimum atomic E-state index is -3.84. The molecule has 1 N–H and O–H groups in total. The number of hydrogen-bond acceptors (Lipinski definition) is 5. The molecule has 1 aromatic heterocycles. The van der Waals surface area contributed by atoms with Gasteiger partial charge >= 0.3 is 5.97 Å². The molecule has 0 aliphatic carbocycles. The highest BCUT2D eigenvalue weighted by Crippen LogP contribution is 2.39. The molecule has 0 bridgehead atoms. The van der Waals surface area contributed by atoms with E-state index in [9.17, 15) is 18.0 Å². The van der Waals surface area contributed by atoms with Crippen molar-refractivity contribution in [2.75, 3.05) is 17.6 Å². The Kier molecular flexibility index (Phi) is 8.80. The van der Waals surface area contributed by atoms with Gasteiger partial charge in [0.05, 0.1) is 18.6 Å². The number of nitrogens with zero attached hydrogens (tertiary/aromatic N) is 1. The lowest BCUT2D eigenvalue weighted by molar-refractivity contribution is -0.148. The van der Waals surface area contributed by atoms with Gasteiger partial charge in [-0.15, -0.1) is 0 Å². The molecule has 0 radical (unpaired) electrons. The maximum Gasteiger partial charge on any atom is 0.329 e. The van der Waals surface area contributed by atoms with Crippen molar-refractivity contribution >= 4 is 21.7 Å². The van der Waals surface area contributed by atoms with E-state index in [1.54, 1.807) is 6.92 Å². The molecule has 7 nitrogen and oxygen atoms in total. The van der Waals surface area contributed by atoms with E-state index in [0.717, 1.165) is 28.5 Å². The third-order valence-electron chi connectivity index (χ3n) is 6.74. The molecular weight excluding hydrogens is 512 g/mol. The maximum absolute atomic E-state index is 14.5. The Morgan fingerprint density at radius 3 is 2.08 bits per heavy atom. The number of rotatable bonds is 8. The van der Waals surface area contributed by atoms with Gasteiger partial charge in [0, 0.05) is 5.56 Å². The van der Waals surface area contributed by atoms with E-state index in [1.807, 2.05) is 90.9 Å². The molecule has 3 rings (SSSR count). The summed E-state index contributed by atoms with van der Waals surface area (Å²) in [4.78, 5) is 27.9. The van der Waals surface area contributed by atoms with E-state index in [4.69, 9.17) is 4.74 Å². The van der Waals surface area contributed by atoms with Gasteiger partial charge < -0.3 is 4.74 Å². The number of carbonyl (C=O) groups is 1. The second-order valence-electron chi connectivity index (χ2n) is 11.5. The Morgan fingerprint density at radius 1 is 0.974 bits per heavy atom. The van der Waals surface area contributed by atoms with Crippen molar-refractivity contribution in [2.45, 2.75) is 67.9 Å². The van der Waals surface area contributed by atoms with Crippen LogP contribution in [0.4, 0.5) is 5.69 Å². The number of ether oxygens (including phenoxy) is 1. The lowest BCUT2D eigenvalue weighted by Crippen LogP contribution is -2.37. The van der Waals surface area contributed by atoms with Crippen LogP contribution in [0.5, 0.6) is 0 Å². The summed E-state index contributed by atoms with van der Waals surface area (Å²) in [6, 6.07) is 12.6. The molecule has 0 amide bonds. The fraction of sp³-hybridized carbons (Fsp3) is 0.419. The molecule has 8 heteroatoms. The lowest BCUT2D eigenvalue weighted by Gasteiger charge is -2.30. The first kappa shape index (κ1) is 30.2. The minimum absolute atomic E-state index is 0.0858. The summed E-state index contributed by atoms with van der Waals surface area (Å²) in [5.41, 5.74) is 5.28. The molecule has 0 saturated carbocycles. The van der Waals surface area contributed by atoms with Crippen LogP contribution in [0, 0.1) is 33.1 Å². The number of hydrogen-bond donors (Lipinski definition) is 1. The Bertz CT molecular complexity index is 1550. The summed E-state index contributed by atoms with van der Waals surface area (Å²) in [6.45, 7) is 15.6. The van der Waals surface area contributed by atoms with Gasteiger partial charge in [0.15, 0.2) is 0 Å². The molecule has 2 aromatic carbocycles. The van der Waals surface area contributed by atoms with Crippen molar-refractivity contribution in [1.82, 2.24) is 4.57 Å². The summed E-state index contributed by atoms with van der Waals surface area (Å²) in [6.07, 6.45) is 1.33. The van der Waals surface area contributed by atoms with Crippen molar-refractivity contribution in [1.29, 1.82) is 0 Å². The molecule has 0 fully saturated rings. The molecule has 210 valence electrons. The normalized spacial score (nSPS) is 12.7. The summed E-state index contributed by atoms with van der Waals surface area (Å²) >= 11 is 0. The number of sulfonamides is 1. The molecular formula is C31H40N2O5S. The van der Waals surface area contributed by atoms with Crippen molar-refractivity contribution in [2.24, 2.45) is 5.41 Å². The molecule has 0 saturated heterocycles. The summed E-state index contributed by atoms with van der Waals surface area (Å²) < 4.78 is 34.5. The number of nitrogens with one attached hydrogen (secondary N) is 1. The van der Waals surface area contributed by atoms with Gasteiger partial charge in [-0.1, -0.05) is 68.8 Å². The number of anilines is 1. The molecule has 1 atom stereocenters. The monoisotopic (exact) mass is 552 g/mol. The van der Waals surface area contributed by atoms with Crippen LogP contribution in [0.15, 0.2) is 47.3 Å². The van der Waals surface area contributed by atoms with Gasteiger partial charge in [-0.2, -0.15) is 0 Å². The summed E-state index contributed by atoms with van der Waals surface area (Å²) in [7, 11) is -3.84. The van der Waals surface area contributed by atoms with E-state index < -0.39 is 27.6 Å². The average molecular weight is 553 g/mol. The molecule has 39 heavy (non-hydrogen) atoms. The third-order valence-corrected chi connectivity index (χ3v) is 7.31. The van der Waals surface area contributed by atoms with Crippen LogP contribution in [-0.2, 0) is 19.6 Å². The summed E-state index contributed by atoms with van der Waals surface area (Å²) in [5.74, 6) is -0.536. The number of esters is 1. The van der Waals surface area contributed by atoms with Crippen LogP contribution in [0.25, 0.3) is 22.4 Å². The van der Waals surface area contributed by atoms with Gasteiger partial charge in [0.2, 0.25) is 10.0 Å². The Balaban J connectivity index is 2.58. The first-order valence-electron chi connectivity index (χ1n) is 13.1. The van der Waals surface area contributed by atoms with Crippen molar-refractivity contribution in [3.63, 3.8) is 0 Å². The molecule has 1 unspecified atom stereocenters. The highest BCUT2D eigenvalue weighted by Gasteiger charge is 2.34. The van der Waals surface area contributed by atoms with E-state index in [1.165, 1.54) is 4.57 Å². The average Bonchev–Trinajstić information content (AvgIpc) is 2.81. The van der Waals surface area contributed by atoms with Crippen LogP contribution in [0.2, 0.25) is 0 Å². The second kappa shape index (κ2) is 11.4. The van der Waals surface area contributed by atoms with Gasteiger partial charge in [-0.05, 0) is 74.3 Å². The van der Waals surface area contributed by atoms with Crippen molar-refractivity contribution in [3.8, 4) is 22.4 Å². The molecule has 0 aliphatic rings. The number of pyridine rings is 1. The lowest BCUT2D eigenvalue weighted by atomic mass is 9.86. The fourth-order valence-corrected chi connectivity index (χ4v) is 5.38. The summed E-state index contributed by atoms with van der Waals surface area (Å²) in [5, 5.41) is 0. The molecule has 1 heterocycles. The first-order chi connectivity index (χ1) is 18.0. The van der Waals surface area contributed by atoms with Crippen LogP contribution >= 0.6 is 0 Å². The second-order valence-corrected chi connectivity index (χ2v) is 13.2. The van der Waals surface area contributed by atoms with Gasteiger partial charge in [0.25, 0.3) is 5.56 Å². The Hall–Kier alpha value is -3.39. The van der Waals surface area contributed by atoms with Crippen LogP contribution < -0.4 is 10.3 Å². The first-order valence-corrected chi connectivity index (χ1v) is 15.0. The van der Waals surface area contributed by atoms with E-state index >= 15 is 0 Å². The zero-order valence-electron chi connectivity index (χ0n) is 24.4. The number of carbonyl (C=O) groups excluding carboxylic acids is 1. The maximum atomic E-state index is 14.5. The highest BCUT2D eigenvalue weighted by atomic mass is 32.2. The van der Waals surface area contributed by atoms with Gasteiger partial charge in [-0.25, -0.2) is 13.2 Å². The SMILES string of the molecule is CCOC(=O)C(CC(C)(C)C)n1c(-c2ccc(C)cc2)c(C)c(-c2ccc(C)c(C)c2)c(NS(C)(=O)=O)c1=O. The van der Waals surface area contributed by atoms with Crippen LogP contribution in [-0.4, -0.2) is 31.8 Å². The molecule has 3 aromatic rings. The minimum Gasteiger partial charge on any atom is -0.464 e. The Morgan fingerprint density at radius 2 is 1.56 bits per heavy atom. The predicted molar refractivity (Wildman–Crippen MR) is 159 cm³/mol. The highest BCUT2D eigenvalue weighted by molar-refractivity contribution is 7.92. The predicted octanol–water partition coefficient (Wildman–Crippen LogP) is 6.33. The number of aryl methyl sites for hydroxylation is 3. The molecule has 0 spiro atoms. The number of aromatic nitrogens is 1. The standard InChI is InChI=1S/C31H40N2O5S/c1-10-38-30(35)25(18-31(6,7)8)33-28(23-14-11-19(2)12-15-23)22(5)26(24-16-13-20(3)21(4)17-24)27(29(33)34)32-39(9,36)37/h11-17,25,32H,10,18H2,1-9H3. The third kappa shape index (κ3) is 6.98. The van der Waals surface area contributed by atoms with E-state index in [-0.39, 0.29) is 17.7 Å².